The molecule has 88 valence electrons. The molecule has 0 spiro atoms. The van der Waals surface area contributed by atoms with E-state index in [1.807, 2.05) is 0 Å². The summed E-state index contributed by atoms with van der Waals surface area (Å²) in [5.41, 5.74) is 6.94. The van der Waals surface area contributed by atoms with Gasteiger partial charge in [0.15, 0.2) is 0 Å². The molecule has 1 aromatic rings. The van der Waals surface area contributed by atoms with Crippen molar-refractivity contribution < 1.29 is 4.74 Å². The second-order valence-electron chi connectivity index (χ2n) is 4.73. The van der Waals surface area contributed by atoms with Gasteiger partial charge in [0.25, 0.3) is 0 Å². The summed E-state index contributed by atoms with van der Waals surface area (Å²) in [4.78, 5) is 0. The number of hydrogen-bond donors (Lipinski definition) is 1. The lowest BCUT2D eigenvalue weighted by atomic mass is 10.0. The molecule has 0 amide bonds. The highest BCUT2D eigenvalue weighted by molar-refractivity contribution is 5.29. The van der Waals surface area contributed by atoms with Gasteiger partial charge in [0.05, 0.1) is 6.10 Å². The third-order valence-corrected chi connectivity index (χ3v) is 3.41. The van der Waals surface area contributed by atoms with Gasteiger partial charge in [-0.3, -0.25) is 0 Å². The monoisotopic (exact) mass is 219 g/mol. The number of rotatable bonds is 4. The van der Waals surface area contributed by atoms with Crippen LogP contribution in [0.1, 0.15) is 44.1 Å². The van der Waals surface area contributed by atoms with Crippen molar-refractivity contribution in [3.63, 3.8) is 0 Å². The smallest absolute Gasteiger partial charge is 0.119 e. The summed E-state index contributed by atoms with van der Waals surface area (Å²) < 4.78 is 5.91. The van der Waals surface area contributed by atoms with Crippen LogP contribution in [0.15, 0.2) is 24.3 Å². The van der Waals surface area contributed by atoms with Crippen molar-refractivity contribution in [1.82, 2.24) is 0 Å². The average Bonchev–Trinajstić information content (AvgIpc) is 2.82. The number of benzene rings is 1. The summed E-state index contributed by atoms with van der Waals surface area (Å²) in [5.74, 6) is 1.43. The van der Waals surface area contributed by atoms with Crippen LogP contribution in [-0.2, 0) is 0 Å². The van der Waals surface area contributed by atoms with Crippen LogP contribution in [0.4, 0.5) is 0 Å². The van der Waals surface area contributed by atoms with Crippen LogP contribution in [0.25, 0.3) is 0 Å². The third-order valence-electron chi connectivity index (χ3n) is 3.41. The molecule has 0 heterocycles. The molecule has 1 atom stereocenters. The largest absolute Gasteiger partial charge is 0.490 e. The molecule has 2 nitrogen and oxygen atoms in total. The predicted octanol–water partition coefficient (Wildman–Crippen LogP) is 3.07. The Labute approximate surface area is 97.8 Å². The van der Waals surface area contributed by atoms with Crippen LogP contribution in [0, 0.1) is 0 Å². The molecule has 2 rings (SSSR count). The Morgan fingerprint density at radius 2 is 1.88 bits per heavy atom. The first-order valence-electron chi connectivity index (χ1n) is 6.26. The first-order chi connectivity index (χ1) is 7.79. The first-order valence-corrected chi connectivity index (χ1v) is 6.26. The molecule has 0 bridgehead atoms. The molecule has 1 unspecified atom stereocenters. The van der Waals surface area contributed by atoms with Crippen molar-refractivity contribution >= 4 is 0 Å². The standard InChI is InChI=1S/C14H21NO/c1-11(10-15)12-6-8-14(9-7-12)16-13-4-2-3-5-13/h6-9,11,13H,2-5,10,15H2,1H3. The Morgan fingerprint density at radius 3 is 2.44 bits per heavy atom. The average molecular weight is 219 g/mol. The van der Waals surface area contributed by atoms with Crippen LogP contribution in [-0.4, -0.2) is 12.6 Å². The second-order valence-corrected chi connectivity index (χ2v) is 4.73. The number of ether oxygens (including phenoxy) is 1. The van der Waals surface area contributed by atoms with E-state index in [2.05, 4.69) is 31.2 Å². The fourth-order valence-electron chi connectivity index (χ4n) is 2.21. The van der Waals surface area contributed by atoms with Crippen molar-refractivity contribution in [3.8, 4) is 5.75 Å². The summed E-state index contributed by atoms with van der Waals surface area (Å²) in [5, 5.41) is 0. The lowest BCUT2D eigenvalue weighted by molar-refractivity contribution is 0.210. The molecule has 0 radical (unpaired) electrons. The molecule has 2 heteroatoms. The molecule has 1 aliphatic rings. The number of hydrogen-bond acceptors (Lipinski definition) is 2. The quantitative estimate of drug-likeness (QED) is 0.844. The fraction of sp³-hybridized carbons (Fsp3) is 0.571. The van der Waals surface area contributed by atoms with Crippen molar-refractivity contribution in [2.75, 3.05) is 6.54 Å². The van der Waals surface area contributed by atoms with E-state index in [4.69, 9.17) is 10.5 Å². The third kappa shape index (κ3) is 2.76. The highest BCUT2D eigenvalue weighted by Crippen LogP contribution is 2.25. The minimum absolute atomic E-state index is 0.431. The molecule has 1 fully saturated rings. The van der Waals surface area contributed by atoms with Crippen molar-refractivity contribution in [2.45, 2.75) is 44.6 Å². The van der Waals surface area contributed by atoms with Gasteiger partial charge < -0.3 is 10.5 Å². The summed E-state index contributed by atoms with van der Waals surface area (Å²) in [6.07, 6.45) is 5.49. The normalized spacial score (nSPS) is 18.6. The van der Waals surface area contributed by atoms with Gasteiger partial charge in [-0.25, -0.2) is 0 Å². The van der Waals surface area contributed by atoms with Gasteiger partial charge in [-0.1, -0.05) is 19.1 Å². The van der Waals surface area contributed by atoms with Crippen LogP contribution in [0.2, 0.25) is 0 Å². The Bertz CT molecular complexity index is 314. The molecule has 1 aliphatic carbocycles. The topological polar surface area (TPSA) is 35.2 Å². The molecule has 0 saturated heterocycles. The fourth-order valence-corrected chi connectivity index (χ4v) is 2.21. The molecule has 1 saturated carbocycles. The maximum absolute atomic E-state index is 5.91. The van der Waals surface area contributed by atoms with E-state index in [0.717, 1.165) is 5.75 Å². The summed E-state index contributed by atoms with van der Waals surface area (Å²) in [7, 11) is 0. The predicted molar refractivity (Wildman–Crippen MR) is 66.8 cm³/mol. The highest BCUT2D eigenvalue weighted by Gasteiger charge is 2.16. The van der Waals surface area contributed by atoms with Crippen LogP contribution in [0.5, 0.6) is 5.75 Å². The molecule has 2 N–H and O–H groups in total. The molecular weight excluding hydrogens is 198 g/mol. The highest BCUT2D eigenvalue weighted by atomic mass is 16.5. The van der Waals surface area contributed by atoms with Crippen molar-refractivity contribution in [3.05, 3.63) is 29.8 Å². The van der Waals surface area contributed by atoms with Crippen LogP contribution >= 0.6 is 0 Å². The SMILES string of the molecule is CC(CN)c1ccc(OC2CCCC2)cc1. The molecule has 1 aromatic carbocycles. The molecule has 16 heavy (non-hydrogen) atoms. The molecular formula is C14H21NO. The maximum atomic E-state index is 5.91. The zero-order valence-electron chi connectivity index (χ0n) is 9.99. The minimum Gasteiger partial charge on any atom is -0.490 e. The zero-order valence-corrected chi connectivity index (χ0v) is 9.99. The van der Waals surface area contributed by atoms with E-state index in [0.29, 0.717) is 18.6 Å². The lowest BCUT2D eigenvalue weighted by Gasteiger charge is -2.14. The van der Waals surface area contributed by atoms with Gasteiger partial charge >= 0.3 is 0 Å². The van der Waals surface area contributed by atoms with E-state index in [-0.39, 0.29) is 0 Å². The van der Waals surface area contributed by atoms with Gasteiger partial charge in [0, 0.05) is 0 Å². The molecule has 0 aromatic heterocycles. The van der Waals surface area contributed by atoms with Gasteiger partial charge in [-0.05, 0) is 55.8 Å². The van der Waals surface area contributed by atoms with Gasteiger partial charge in [-0.15, -0.1) is 0 Å². The van der Waals surface area contributed by atoms with Crippen molar-refractivity contribution in [2.24, 2.45) is 5.73 Å². The summed E-state index contributed by atoms with van der Waals surface area (Å²) in [6.45, 7) is 2.84. The summed E-state index contributed by atoms with van der Waals surface area (Å²) >= 11 is 0. The Morgan fingerprint density at radius 1 is 1.25 bits per heavy atom. The Hall–Kier alpha value is -1.02. The van der Waals surface area contributed by atoms with E-state index in [1.165, 1.54) is 31.2 Å². The van der Waals surface area contributed by atoms with Gasteiger partial charge in [-0.2, -0.15) is 0 Å². The Kier molecular flexibility index (Phi) is 3.83. The van der Waals surface area contributed by atoms with Gasteiger partial charge in [0.1, 0.15) is 5.75 Å². The minimum atomic E-state index is 0.431. The van der Waals surface area contributed by atoms with Crippen LogP contribution in [0.3, 0.4) is 0 Å². The zero-order chi connectivity index (χ0) is 11.4. The van der Waals surface area contributed by atoms with E-state index in [9.17, 15) is 0 Å². The molecule has 0 aliphatic heterocycles. The van der Waals surface area contributed by atoms with E-state index in [1.54, 1.807) is 0 Å². The van der Waals surface area contributed by atoms with Gasteiger partial charge in [0.2, 0.25) is 0 Å². The summed E-state index contributed by atoms with van der Waals surface area (Å²) in [6, 6.07) is 8.39. The van der Waals surface area contributed by atoms with Crippen LogP contribution < -0.4 is 10.5 Å². The number of nitrogens with two attached hydrogens (primary N) is 1. The first kappa shape index (κ1) is 11.5. The van der Waals surface area contributed by atoms with E-state index < -0.39 is 0 Å². The van der Waals surface area contributed by atoms with E-state index >= 15 is 0 Å². The van der Waals surface area contributed by atoms with Crippen molar-refractivity contribution in [1.29, 1.82) is 0 Å². The maximum Gasteiger partial charge on any atom is 0.119 e. The Balaban J connectivity index is 1.96. The second kappa shape index (κ2) is 5.35. The lowest BCUT2D eigenvalue weighted by Crippen LogP contribution is -2.11.